The summed E-state index contributed by atoms with van der Waals surface area (Å²) in [6.45, 7) is 12.4. The first-order valence-electron chi connectivity index (χ1n) is 9.08. The Balaban J connectivity index is 0.00000288. The third kappa shape index (κ3) is 7.38. The summed E-state index contributed by atoms with van der Waals surface area (Å²) in [6, 6.07) is 8.67. The molecular formula is C19H33IN4. The van der Waals surface area contributed by atoms with Gasteiger partial charge >= 0.3 is 0 Å². The van der Waals surface area contributed by atoms with E-state index >= 15 is 0 Å². The van der Waals surface area contributed by atoms with Gasteiger partial charge in [0.2, 0.25) is 0 Å². The summed E-state index contributed by atoms with van der Waals surface area (Å²) in [6.07, 6.45) is 2.72. The summed E-state index contributed by atoms with van der Waals surface area (Å²) in [5.41, 5.74) is 2.71. The number of rotatable bonds is 9. The highest BCUT2D eigenvalue weighted by Crippen LogP contribution is 2.27. The van der Waals surface area contributed by atoms with E-state index in [2.05, 4.69) is 60.6 Å². The molecule has 0 radical (unpaired) electrons. The summed E-state index contributed by atoms with van der Waals surface area (Å²) in [5, 5.41) is 6.81. The molecule has 0 amide bonds. The predicted molar refractivity (Wildman–Crippen MR) is 114 cm³/mol. The molecule has 1 aromatic carbocycles. The molecule has 0 aromatic heterocycles. The molecule has 4 nitrogen and oxygen atoms in total. The molecule has 5 heteroatoms. The van der Waals surface area contributed by atoms with Crippen LogP contribution in [0.15, 0.2) is 29.3 Å². The fourth-order valence-electron chi connectivity index (χ4n) is 2.62. The van der Waals surface area contributed by atoms with Gasteiger partial charge in [0, 0.05) is 19.6 Å². The van der Waals surface area contributed by atoms with Crippen molar-refractivity contribution in [2.24, 2.45) is 10.9 Å². The van der Waals surface area contributed by atoms with Gasteiger partial charge in [0.05, 0.1) is 6.54 Å². The summed E-state index contributed by atoms with van der Waals surface area (Å²) in [4.78, 5) is 7.22. The van der Waals surface area contributed by atoms with Crippen molar-refractivity contribution < 1.29 is 0 Å². The molecular weight excluding hydrogens is 411 g/mol. The lowest BCUT2D eigenvalue weighted by Crippen LogP contribution is -2.38. The van der Waals surface area contributed by atoms with Crippen LogP contribution in [0.3, 0.4) is 0 Å². The lowest BCUT2D eigenvalue weighted by molar-refractivity contribution is 0.295. The zero-order chi connectivity index (χ0) is 16.5. The average Bonchev–Trinajstić information content (AvgIpc) is 3.40. The molecule has 1 aliphatic rings. The molecule has 1 aromatic rings. The van der Waals surface area contributed by atoms with Gasteiger partial charge in [0.25, 0.3) is 0 Å². The number of hydrogen-bond donors (Lipinski definition) is 2. The van der Waals surface area contributed by atoms with Crippen LogP contribution in [0.25, 0.3) is 0 Å². The largest absolute Gasteiger partial charge is 0.357 e. The molecule has 24 heavy (non-hydrogen) atoms. The fourth-order valence-corrected chi connectivity index (χ4v) is 2.62. The van der Waals surface area contributed by atoms with Crippen LogP contribution in [-0.4, -0.2) is 37.0 Å². The minimum atomic E-state index is 0. The number of benzene rings is 1. The van der Waals surface area contributed by atoms with Crippen molar-refractivity contribution in [3.63, 3.8) is 0 Å². The molecule has 0 bridgehead atoms. The number of halogens is 1. The van der Waals surface area contributed by atoms with E-state index in [-0.39, 0.29) is 24.0 Å². The number of hydrogen-bond acceptors (Lipinski definition) is 2. The lowest BCUT2D eigenvalue weighted by atomic mass is 10.1. The summed E-state index contributed by atoms with van der Waals surface area (Å²) in [5.74, 6) is 1.80. The van der Waals surface area contributed by atoms with Crippen LogP contribution in [0, 0.1) is 5.92 Å². The summed E-state index contributed by atoms with van der Waals surface area (Å²) < 4.78 is 0. The molecule has 2 rings (SSSR count). The van der Waals surface area contributed by atoms with Crippen molar-refractivity contribution in [2.75, 3.05) is 26.2 Å². The van der Waals surface area contributed by atoms with Gasteiger partial charge in [0.15, 0.2) is 5.96 Å². The van der Waals surface area contributed by atoms with Gasteiger partial charge in [-0.15, -0.1) is 24.0 Å². The van der Waals surface area contributed by atoms with E-state index in [9.17, 15) is 0 Å². The number of aliphatic imine (C=N–C) groups is 1. The molecule has 1 saturated carbocycles. The second kappa shape index (κ2) is 11.7. The average molecular weight is 444 g/mol. The Bertz CT molecular complexity index is 496. The van der Waals surface area contributed by atoms with Gasteiger partial charge in [-0.2, -0.15) is 0 Å². The van der Waals surface area contributed by atoms with Gasteiger partial charge in [-0.1, -0.05) is 38.1 Å². The maximum atomic E-state index is 4.78. The highest BCUT2D eigenvalue weighted by Gasteiger charge is 2.21. The van der Waals surface area contributed by atoms with E-state index in [1.807, 2.05) is 0 Å². The number of nitrogens with one attached hydrogen (secondary N) is 2. The minimum absolute atomic E-state index is 0. The standard InChI is InChI=1S/C19H32N4.HI/c1-4-20-19(21-13-16-11-12-16)22-14-17-9-7-8-10-18(17)15-23(5-2)6-3;/h7-10,16H,4-6,11-15H2,1-3H3,(H2,20,21,22);1H. The Morgan fingerprint density at radius 1 is 1.08 bits per heavy atom. The van der Waals surface area contributed by atoms with E-state index in [4.69, 9.17) is 4.99 Å². The third-order valence-electron chi connectivity index (χ3n) is 4.41. The summed E-state index contributed by atoms with van der Waals surface area (Å²) in [7, 11) is 0. The monoisotopic (exact) mass is 444 g/mol. The summed E-state index contributed by atoms with van der Waals surface area (Å²) >= 11 is 0. The molecule has 2 N–H and O–H groups in total. The zero-order valence-corrected chi connectivity index (χ0v) is 17.7. The minimum Gasteiger partial charge on any atom is -0.357 e. The van der Waals surface area contributed by atoms with Gasteiger partial charge < -0.3 is 10.6 Å². The van der Waals surface area contributed by atoms with Gasteiger partial charge in [-0.3, -0.25) is 4.90 Å². The van der Waals surface area contributed by atoms with Crippen molar-refractivity contribution in [1.82, 2.24) is 15.5 Å². The first-order valence-corrected chi connectivity index (χ1v) is 9.08. The maximum absolute atomic E-state index is 4.78. The highest BCUT2D eigenvalue weighted by molar-refractivity contribution is 14.0. The van der Waals surface area contributed by atoms with Crippen LogP contribution >= 0.6 is 24.0 Å². The lowest BCUT2D eigenvalue weighted by Gasteiger charge is -2.20. The number of nitrogens with zero attached hydrogens (tertiary/aromatic N) is 2. The first kappa shape index (κ1) is 21.2. The molecule has 136 valence electrons. The zero-order valence-electron chi connectivity index (χ0n) is 15.3. The van der Waals surface area contributed by atoms with Crippen molar-refractivity contribution in [3.05, 3.63) is 35.4 Å². The van der Waals surface area contributed by atoms with Crippen LogP contribution in [0.4, 0.5) is 0 Å². The van der Waals surface area contributed by atoms with Crippen molar-refractivity contribution >= 4 is 29.9 Å². The van der Waals surface area contributed by atoms with E-state index in [1.165, 1.54) is 24.0 Å². The van der Waals surface area contributed by atoms with Gasteiger partial charge in [-0.05, 0) is 49.9 Å². The molecule has 1 fully saturated rings. The predicted octanol–water partition coefficient (Wildman–Crippen LogP) is 3.61. The van der Waals surface area contributed by atoms with Crippen molar-refractivity contribution in [3.8, 4) is 0 Å². The molecule has 0 atom stereocenters. The van der Waals surface area contributed by atoms with Crippen molar-refractivity contribution in [2.45, 2.75) is 46.7 Å². The normalized spacial score (nSPS) is 14.4. The second-order valence-corrected chi connectivity index (χ2v) is 6.25. The van der Waals surface area contributed by atoms with Crippen LogP contribution in [0.2, 0.25) is 0 Å². The molecule has 0 saturated heterocycles. The molecule has 0 aliphatic heterocycles. The molecule has 0 unspecified atom stereocenters. The quantitative estimate of drug-likeness (QED) is 0.347. The van der Waals surface area contributed by atoms with Crippen LogP contribution < -0.4 is 10.6 Å². The molecule has 0 spiro atoms. The highest BCUT2D eigenvalue weighted by atomic mass is 127. The van der Waals surface area contributed by atoms with Gasteiger partial charge in [0.1, 0.15) is 0 Å². The first-order chi connectivity index (χ1) is 11.3. The molecule has 0 heterocycles. The number of guanidine groups is 1. The third-order valence-corrected chi connectivity index (χ3v) is 4.41. The smallest absolute Gasteiger partial charge is 0.191 e. The maximum Gasteiger partial charge on any atom is 0.191 e. The second-order valence-electron chi connectivity index (χ2n) is 6.25. The van der Waals surface area contributed by atoms with Crippen LogP contribution in [0.5, 0.6) is 0 Å². The fraction of sp³-hybridized carbons (Fsp3) is 0.632. The van der Waals surface area contributed by atoms with Crippen LogP contribution in [0.1, 0.15) is 44.7 Å². The SMILES string of the molecule is CCNC(=NCc1ccccc1CN(CC)CC)NCC1CC1.I. The topological polar surface area (TPSA) is 39.7 Å². The Morgan fingerprint density at radius 3 is 2.33 bits per heavy atom. The Kier molecular flexibility index (Phi) is 10.3. The Morgan fingerprint density at radius 2 is 1.75 bits per heavy atom. The Hall–Kier alpha value is -0.820. The van der Waals surface area contributed by atoms with Gasteiger partial charge in [-0.25, -0.2) is 4.99 Å². The van der Waals surface area contributed by atoms with E-state index < -0.39 is 0 Å². The molecule has 1 aliphatic carbocycles. The Labute approximate surface area is 164 Å². The van der Waals surface area contributed by atoms with Crippen LogP contribution in [-0.2, 0) is 13.1 Å². The van der Waals surface area contributed by atoms with E-state index in [1.54, 1.807) is 0 Å². The van der Waals surface area contributed by atoms with E-state index in [0.29, 0.717) is 0 Å². The van der Waals surface area contributed by atoms with E-state index in [0.717, 1.165) is 51.1 Å². The van der Waals surface area contributed by atoms with Crippen molar-refractivity contribution in [1.29, 1.82) is 0 Å².